The normalized spacial score (nSPS) is 18.6. The summed E-state index contributed by atoms with van der Waals surface area (Å²) in [6.07, 6.45) is -10.6. The number of hydrogen-bond acceptors (Lipinski definition) is 2. The molecule has 2 rings (SSSR count). The zero-order chi connectivity index (χ0) is 18.0. The van der Waals surface area contributed by atoms with Gasteiger partial charge in [-0.3, -0.25) is 4.90 Å². The summed E-state index contributed by atoms with van der Waals surface area (Å²) in [6.45, 7) is 1.88. The Hall–Kier alpha value is -1.35. The van der Waals surface area contributed by atoms with Crippen LogP contribution >= 0.6 is 0 Å². The predicted octanol–water partition coefficient (Wildman–Crippen LogP) is 4.13. The van der Waals surface area contributed by atoms with Crippen molar-refractivity contribution in [3.05, 3.63) is 35.1 Å². The number of benzene rings is 1. The van der Waals surface area contributed by atoms with E-state index in [0.717, 1.165) is 6.07 Å². The van der Waals surface area contributed by atoms with Gasteiger partial charge in [-0.1, -0.05) is 6.07 Å². The molecule has 24 heavy (non-hydrogen) atoms. The van der Waals surface area contributed by atoms with Crippen LogP contribution in [0.25, 0.3) is 0 Å². The molecular formula is C15H17F7N2. The number of piperazine rings is 1. The Balaban J connectivity index is 2.28. The molecule has 2 nitrogen and oxygen atoms in total. The summed E-state index contributed by atoms with van der Waals surface area (Å²) < 4.78 is 89.7. The molecule has 1 atom stereocenters. The Bertz CT molecular complexity index is 548. The maximum absolute atomic E-state index is 14.2. The Morgan fingerprint density at radius 3 is 2.17 bits per heavy atom. The van der Waals surface area contributed by atoms with E-state index in [-0.39, 0.29) is 5.56 Å². The summed E-state index contributed by atoms with van der Waals surface area (Å²) in [5, 5.41) is 3.03. The van der Waals surface area contributed by atoms with E-state index in [2.05, 4.69) is 5.32 Å². The van der Waals surface area contributed by atoms with E-state index in [0.29, 0.717) is 38.3 Å². The maximum Gasteiger partial charge on any atom is 0.416 e. The average Bonchev–Trinajstić information content (AvgIpc) is 2.48. The summed E-state index contributed by atoms with van der Waals surface area (Å²) in [5.74, 6) is -1.13. The Labute approximate surface area is 134 Å². The van der Waals surface area contributed by atoms with Gasteiger partial charge in [-0.05, 0) is 18.6 Å². The van der Waals surface area contributed by atoms with Gasteiger partial charge in [0.1, 0.15) is 5.82 Å². The van der Waals surface area contributed by atoms with E-state index < -0.39 is 42.6 Å². The monoisotopic (exact) mass is 358 g/mol. The number of alkyl halides is 6. The molecule has 1 aliphatic rings. The molecule has 9 heteroatoms. The predicted molar refractivity (Wildman–Crippen MR) is 73.9 cm³/mol. The number of rotatable bonds is 4. The maximum atomic E-state index is 14.2. The highest BCUT2D eigenvalue weighted by Crippen LogP contribution is 2.36. The van der Waals surface area contributed by atoms with Crippen molar-refractivity contribution in [2.45, 2.75) is 31.2 Å². The summed E-state index contributed by atoms with van der Waals surface area (Å²) in [4.78, 5) is 1.67. The van der Waals surface area contributed by atoms with Crippen molar-refractivity contribution in [2.24, 2.45) is 0 Å². The molecule has 1 aliphatic heterocycles. The molecule has 1 heterocycles. The number of nitrogens with one attached hydrogen (secondary N) is 1. The van der Waals surface area contributed by atoms with E-state index in [1.54, 1.807) is 4.90 Å². The second kappa shape index (κ2) is 7.26. The lowest BCUT2D eigenvalue weighted by Gasteiger charge is -2.35. The summed E-state index contributed by atoms with van der Waals surface area (Å²) >= 11 is 0. The molecule has 1 saturated heterocycles. The van der Waals surface area contributed by atoms with Crippen LogP contribution in [0.2, 0.25) is 0 Å². The Morgan fingerprint density at radius 2 is 1.67 bits per heavy atom. The van der Waals surface area contributed by atoms with Gasteiger partial charge < -0.3 is 5.32 Å². The van der Waals surface area contributed by atoms with Gasteiger partial charge in [0.05, 0.1) is 5.56 Å². The van der Waals surface area contributed by atoms with E-state index in [4.69, 9.17) is 0 Å². The number of hydrogen-bond donors (Lipinski definition) is 1. The van der Waals surface area contributed by atoms with Gasteiger partial charge in [0.15, 0.2) is 0 Å². The lowest BCUT2D eigenvalue weighted by Crippen LogP contribution is -2.45. The van der Waals surface area contributed by atoms with E-state index in [1.807, 2.05) is 0 Å². The molecule has 136 valence electrons. The van der Waals surface area contributed by atoms with Crippen molar-refractivity contribution >= 4 is 0 Å². The van der Waals surface area contributed by atoms with Crippen LogP contribution in [0.5, 0.6) is 0 Å². The first-order valence-corrected chi connectivity index (χ1v) is 7.46. The molecule has 0 spiro atoms. The minimum absolute atomic E-state index is 0.130. The number of nitrogens with zero attached hydrogens (tertiary/aromatic N) is 1. The van der Waals surface area contributed by atoms with Gasteiger partial charge in [0.2, 0.25) is 0 Å². The summed E-state index contributed by atoms with van der Waals surface area (Å²) in [7, 11) is 0. The van der Waals surface area contributed by atoms with Crippen molar-refractivity contribution in [3.63, 3.8) is 0 Å². The minimum Gasteiger partial charge on any atom is -0.314 e. The molecule has 0 radical (unpaired) electrons. The van der Waals surface area contributed by atoms with Gasteiger partial charge in [0, 0.05) is 44.2 Å². The molecule has 0 unspecified atom stereocenters. The second-order valence-electron chi connectivity index (χ2n) is 5.69. The standard InChI is InChI=1S/C15H17F7N2/c16-12-9-10(15(20,21)22)1-2-11(12)13(3-4-14(17,18)19)24-7-5-23-6-8-24/h1-2,9,13,23H,3-8H2/t13-/m0/s1. The fourth-order valence-corrected chi connectivity index (χ4v) is 2.80. The third-order valence-electron chi connectivity index (χ3n) is 3.98. The third kappa shape index (κ3) is 5.07. The zero-order valence-electron chi connectivity index (χ0n) is 12.6. The fraction of sp³-hybridized carbons (Fsp3) is 0.600. The molecule has 1 aromatic rings. The quantitative estimate of drug-likeness (QED) is 0.814. The van der Waals surface area contributed by atoms with Crippen LogP contribution < -0.4 is 5.32 Å². The average molecular weight is 358 g/mol. The van der Waals surface area contributed by atoms with Crippen molar-refractivity contribution < 1.29 is 30.7 Å². The molecule has 0 saturated carbocycles. The van der Waals surface area contributed by atoms with Gasteiger partial charge in [-0.25, -0.2) is 4.39 Å². The van der Waals surface area contributed by atoms with E-state index in [9.17, 15) is 30.7 Å². The highest BCUT2D eigenvalue weighted by Gasteiger charge is 2.34. The molecule has 1 N–H and O–H groups in total. The molecule has 1 aromatic carbocycles. The molecule has 1 fully saturated rings. The van der Waals surface area contributed by atoms with Crippen molar-refractivity contribution in [1.82, 2.24) is 10.2 Å². The smallest absolute Gasteiger partial charge is 0.314 e. The third-order valence-corrected chi connectivity index (χ3v) is 3.98. The second-order valence-corrected chi connectivity index (χ2v) is 5.69. The zero-order valence-corrected chi connectivity index (χ0v) is 12.6. The topological polar surface area (TPSA) is 15.3 Å². The van der Waals surface area contributed by atoms with Crippen molar-refractivity contribution in [3.8, 4) is 0 Å². The van der Waals surface area contributed by atoms with Crippen LogP contribution in [0.4, 0.5) is 30.7 Å². The molecule has 0 bridgehead atoms. The first-order valence-electron chi connectivity index (χ1n) is 7.46. The molecular weight excluding hydrogens is 341 g/mol. The van der Waals surface area contributed by atoms with Crippen LogP contribution in [0, 0.1) is 5.82 Å². The molecule has 0 amide bonds. The number of halogens is 7. The van der Waals surface area contributed by atoms with Gasteiger partial charge in [0.25, 0.3) is 0 Å². The lowest BCUT2D eigenvalue weighted by atomic mass is 9.97. The SMILES string of the molecule is Fc1cc(C(F)(F)F)ccc1[C@H](CCC(F)(F)F)N1CCNCC1. The molecule has 0 aliphatic carbocycles. The largest absolute Gasteiger partial charge is 0.416 e. The summed E-state index contributed by atoms with van der Waals surface area (Å²) in [6, 6.07) is 1.09. The fourth-order valence-electron chi connectivity index (χ4n) is 2.80. The van der Waals surface area contributed by atoms with Crippen LogP contribution in [-0.4, -0.2) is 37.3 Å². The van der Waals surface area contributed by atoms with Gasteiger partial charge in [-0.15, -0.1) is 0 Å². The first-order chi connectivity index (χ1) is 11.1. The van der Waals surface area contributed by atoms with Crippen LogP contribution in [0.1, 0.15) is 30.0 Å². The first kappa shape index (κ1) is 19.0. The van der Waals surface area contributed by atoms with Gasteiger partial charge >= 0.3 is 12.4 Å². The van der Waals surface area contributed by atoms with Crippen LogP contribution in [0.3, 0.4) is 0 Å². The van der Waals surface area contributed by atoms with Crippen LogP contribution in [-0.2, 0) is 6.18 Å². The van der Waals surface area contributed by atoms with Crippen molar-refractivity contribution in [2.75, 3.05) is 26.2 Å². The van der Waals surface area contributed by atoms with Crippen LogP contribution in [0.15, 0.2) is 18.2 Å². The minimum atomic E-state index is -4.70. The highest BCUT2D eigenvalue weighted by atomic mass is 19.4. The summed E-state index contributed by atoms with van der Waals surface area (Å²) in [5.41, 5.74) is -1.28. The van der Waals surface area contributed by atoms with Crippen molar-refractivity contribution in [1.29, 1.82) is 0 Å². The Morgan fingerprint density at radius 1 is 1.04 bits per heavy atom. The Kier molecular flexibility index (Phi) is 5.74. The lowest BCUT2D eigenvalue weighted by molar-refractivity contribution is -0.138. The highest BCUT2D eigenvalue weighted by molar-refractivity contribution is 5.29. The van der Waals surface area contributed by atoms with Gasteiger partial charge in [-0.2, -0.15) is 26.3 Å². The van der Waals surface area contributed by atoms with E-state index >= 15 is 0 Å². The van der Waals surface area contributed by atoms with E-state index in [1.165, 1.54) is 0 Å². The molecule has 0 aromatic heterocycles.